The topological polar surface area (TPSA) is 94.1 Å². The van der Waals surface area contributed by atoms with Crippen molar-refractivity contribution in [2.75, 3.05) is 5.43 Å². The van der Waals surface area contributed by atoms with Crippen LogP contribution in [0.25, 0.3) is 10.9 Å². The molecule has 1 heterocycles. The third-order valence-corrected chi connectivity index (χ3v) is 3.68. The Labute approximate surface area is 123 Å². The molecule has 0 aliphatic carbocycles. The number of anilines is 1. The highest BCUT2D eigenvalue weighted by molar-refractivity contribution is 5.90. The lowest BCUT2D eigenvalue weighted by atomic mass is 9.85. The highest BCUT2D eigenvalue weighted by atomic mass is 16.6. The summed E-state index contributed by atoms with van der Waals surface area (Å²) < 4.78 is 0. The molecule has 0 saturated heterocycles. The van der Waals surface area contributed by atoms with Crippen molar-refractivity contribution in [3.8, 4) is 0 Å². The maximum Gasteiger partial charge on any atom is 0.273 e. The second-order valence-electron chi connectivity index (χ2n) is 6.27. The van der Waals surface area contributed by atoms with E-state index in [9.17, 15) is 10.1 Å². The van der Waals surface area contributed by atoms with E-state index in [-0.39, 0.29) is 16.0 Å². The summed E-state index contributed by atoms with van der Waals surface area (Å²) in [5.41, 5.74) is 5.64. The second kappa shape index (κ2) is 4.96. The highest BCUT2D eigenvalue weighted by Crippen LogP contribution is 2.35. The van der Waals surface area contributed by atoms with Crippen LogP contribution < -0.4 is 11.3 Å². The zero-order valence-corrected chi connectivity index (χ0v) is 12.9. The number of fused-ring (bicyclic) bond motifs is 1. The first-order valence-corrected chi connectivity index (χ1v) is 6.73. The molecular weight excluding hydrogens is 268 g/mol. The van der Waals surface area contributed by atoms with Gasteiger partial charge in [-0.15, -0.1) is 0 Å². The summed E-state index contributed by atoms with van der Waals surface area (Å²) in [6, 6.07) is 3.51. The van der Waals surface area contributed by atoms with Crippen molar-refractivity contribution in [2.24, 2.45) is 5.84 Å². The summed E-state index contributed by atoms with van der Waals surface area (Å²) in [5.74, 6) is 6.19. The Morgan fingerprint density at radius 2 is 1.90 bits per heavy atom. The minimum Gasteiger partial charge on any atom is -0.308 e. The van der Waals surface area contributed by atoms with E-state index in [1.165, 1.54) is 0 Å². The van der Waals surface area contributed by atoms with Crippen LogP contribution in [0.2, 0.25) is 0 Å². The fraction of sp³-hybridized carbons (Fsp3) is 0.400. The summed E-state index contributed by atoms with van der Waals surface area (Å²) in [5, 5.41) is 12.0. The molecule has 21 heavy (non-hydrogen) atoms. The second-order valence-corrected chi connectivity index (χ2v) is 6.27. The van der Waals surface area contributed by atoms with Crippen LogP contribution in [-0.4, -0.2) is 9.91 Å². The largest absolute Gasteiger partial charge is 0.308 e. The molecule has 3 N–H and O–H groups in total. The number of hydrogen-bond acceptors (Lipinski definition) is 5. The number of pyridine rings is 1. The van der Waals surface area contributed by atoms with Crippen LogP contribution in [0.4, 0.5) is 11.5 Å². The Hall–Kier alpha value is -2.21. The number of rotatable bonds is 2. The fourth-order valence-corrected chi connectivity index (χ4v) is 2.49. The average Bonchev–Trinajstić information content (AvgIpc) is 2.40. The van der Waals surface area contributed by atoms with Crippen molar-refractivity contribution in [3.05, 3.63) is 38.9 Å². The highest BCUT2D eigenvalue weighted by Gasteiger charge is 2.23. The number of nitrogens with two attached hydrogens (primary N) is 1. The molecule has 0 aliphatic rings. The predicted molar refractivity (Wildman–Crippen MR) is 84.4 cm³/mol. The smallest absolute Gasteiger partial charge is 0.273 e. The molecule has 0 fully saturated rings. The first kappa shape index (κ1) is 15.2. The zero-order valence-electron chi connectivity index (χ0n) is 12.9. The number of aryl methyl sites for hydroxylation is 2. The molecule has 1 aromatic heterocycles. The lowest BCUT2D eigenvalue weighted by Crippen LogP contribution is -2.19. The van der Waals surface area contributed by atoms with Crippen molar-refractivity contribution in [2.45, 2.75) is 40.0 Å². The Balaban J connectivity index is 2.92. The quantitative estimate of drug-likeness (QED) is 0.502. The van der Waals surface area contributed by atoms with E-state index in [2.05, 4.69) is 31.2 Å². The third-order valence-electron chi connectivity index (χ3n) is 3.68. The summed E-state index contributed by atoms with van der Waals surface area (Å²) in [6.45, 7) is 9.73. The Morgan fingerprint density at radius 1 is 1.29 bits per heavy atom. The number of aromatic nitrogens is 1. The van der Waals surface area contributed by atoms with E-state index in [1.54, 1.807) is 13.0 Å². The lowest BCUT2D eigenvalue weighted by molar-refractivity contribution is -0.385. The molecule has 112 valence electrons. The maximum absolute atomic E-state index is 11.2. The number of hydrazine groups is 1. The number of hydrogen-bond donors (Lipinski definition) is 2. The Kier molecular flexibility index (Phi) is 3.59. The minimum absolute atomic E-state index is 0.120. The van der Waals surface area contributed by atoms with Crippen LogP contribution >= 0.6 is 0 Å². The Morgan fingerprint density at radius 3 is 2.38 bits per heavy atom. The van der Waals surface area contributed by atoms with E-state index in [0.717, 1.165) is 22.0 Å². The molecule has 2 rings (SSSR count). The van der Waals surface area contributed by atoms with Gasteiger partial charge in [-0.05, 0) is 30.9 Å². The maximum atomic E-state index is 11.2. The van der Waals surface area contributed by atoms with Gasteiger partial charge in [0.25, 0.3) is 5.69 Å². The van der Waals surface area contributed by atoms with Crippen LogP contribution in [0.5, 0.6) is 0 Å². The first-order chi connectivity index (χ1) is 9.66. The molecule has 1 aromatic carbocycles. The van der Waals surface area contributed by atoms with Crippen LogP contribution in [0.1, 0.15) is 37.5 Å². The van der Waals surface area contributed by atoms with Crippen LogP contribution in [0.15, 0.2) is 12.1 Å². The van der Waals surface area contributed by atoms with Gasteiger partial charge in [-0.25, -0.2) is 10.8 Å². The van der Waals surface area contributed by atoms with Gasteiger partial charge in [0.15, 0.2) is 0 Å². The summed E-state index contributed by atoms with van der Waals surface area (Å²) in [4.78, 5) is 15.4. The molecule has 0 amide bonds. The fourth-order valence-electron chi connectivity index (χ4n) is 2.49. The molecule has 0 bridgehead atoms. The SMILES string of the molecule is Cc1c([N+](=O)[O-])cc(C)c2nc(NN)c(C(C)(C)C)cc12. The van der Waals surface area contributed by atoms with Gasteiger partial charge in [0, 0.05) is 22.6 Å². The van der Waals surface area contributed by atoms with Crippen molar-refractivity contribution in [1.29, 1.82) is 0 Å². The third kappa shape index (κ3) is 2.54. The van der Waals surface area contributed by atoms with Gasteiger partial charge in [0.1, 0.15) is 5.82 Å². The average molecular weight is 288 g/mol. The van der Waals surface area contributed by atoms with Crippen molar-refractivity contribution < 1.29 is 4.92 Å². The van der Waals surface area contributed by atoms with Gasteiger partial charge >= 0.3 is 0 Å². The number of nitro benzene ring substituents is 1. The van der Waals surface area contributed by atoms with Gasteiger partial charge in [-0.1, -0.05) is 20.8 Å². The number of benzene rings is 1. The van der Waals surface area contributed by atoms with Gasteiger partial charge in [-0.2, -0.15) is 0 Å². The zero-order chi connectivity index (χ0) is 15.9. The van der Waals surface area contributed by atoms with Crippen LogP contribution in [0.3, 0.4) is 0 Å². The van der Waals surface area contributed by atoms with E-state index < -0.39 is 0 Å². The van der Waals surface area contributed by atoms with Gasteiger partial charge in [-0.3, -0.25) is 10.1 Å². The van der Waals surface area contributed by atoms with Crippen LogP contribution in [0, 0.1) is 24.0 Å². The molecule has 2 aromatic rings. The standard InChI is InChI=1S/C15H20N4O2/c1-8-6-12(19(20)21)9(2)10-7-11(15(3,4)5)14(18-16)17-13(8)10/h6-7H,16H2,1-5H3,(H,17,18). The molecule has 0 saturated carbocycles. The number of nitrogen functional groups attached to an aromatic ring is 1. The van der Waals surface area contributed by atoms with E-state index >= 15 is 0 Å². The molecule has 6 heteroatoms. The van der Waals surface area contributed by atoms with Crippen molar-refractivity contribution >= 4 is 22.4 Å². The van der Waals surface area contributed by atoms with Gasteiger partial charge in [0.05, 0.1) is 10.4 Å². The minimum atomic E-state index is -0.354. The molecule has 6 nitrogen and oxygen atoms in total. The van der Waals surface area contributed by atoms with E-state index in [1.807, 2.05) is 13.0 Å². The van der Waals surface area contributed by atoms with Crippen molar-refractivity contribution in [3.63, 3.8) is 0 Å². The summed E-state index contributed by atoms with van der Waals surface area (Å²) >= 11 is 0. The van der Waals surface area contributed by atoms with E-state index in [0.29, 0.717) is 11.4 Å². The normalized spacial score (nSPS) is 11.7. The molecule has 0 radical (unpaired) electrons. The monoisotopic (exact) mass is 288 g/mol. The molecule has 0 atom stereocenters. The molecule has 0 aliphatic heterocycles. The Bertz CT molecular complexity index is 733. The molecule has 0 spiro atoms. The van der Waals surface area contributed by atoms with Gasteiger partial charge in [0.2, 0.25) is 0 Å². The van der Waals surface area contributed by atoms with Crippen molar-refractivity contribution in [1.82, 2.24) is 4.98 Å². The summed E-state index contributed by atoms with van der Waals surface area (Å²) in [7, 11) is 0. The predicted octanol–water partition coefficient (Wildman–Crippen LogP) is 3.34. The van der Waals surface area contributed by atoms with E-state index in [4.69, 9.17) is 5.84 Å². The van der Waals surface area contributed by atoms with Gasteiger partial charge < -0.3 is 5.43 Å². The first-order valence-electron chi connectivity index (χ1n) is 6.73. The number of nitrogens with zero attached hydrogens (tertiary/aromatic N) is 2. The summed E-state index contributed by atoms with van der Waals surface area (Å²) in [6.07, 6.45) is 0. The number of nitro groups is 1. The lowest BCUT2D eigenvalue weighted by Gasteiger charge is -2.23. The molecule has 0 unspecified atom stereocenters. The van der Waals surface area contributed by atoms with Crippen LogP contribution in [-0.2, 0) is 5.41 Å². The number of nitrogens with one attached hydrogen (secondary N) is 1. The molecular formula is C15H20N4O2.